The van der Waals surface area contributed by atoms with E-state index < -0.39 is 16.1 Å². The zero-order valence-electron chi connectivity index (χ0n) is 16.2. The van der Waals surface area contributed by atoms with Crippen molar-refractivity contribution >= 4 is 27.5 Å². The number of sulfonamides is 1. The van der Waals surface area contributed by atoms with Crippen LogP contribution in [0.2, 0.25) is 5.02 Å². The average Bonchev–Trinajstić information content (AvgIpc) is 2.74. The highest BCUT2D eigenvalue weighted by atomic mass is 35.5. The van der Waals surface area contributed by atoms with E-state index in [-0.39, 0.29) is 23.3 Å². The molecule has 1 saturated heterocycles. The van der Waals surface area contributed by atoms with Gasteiger partial charge in [0.1, 0.15) is 0 Å². The number of hydrogen-bond donors (Lipinski definition) is 1. The van der Waals surface area contributed by atoms with Crippen LogP contribution in [-0.2, 0) is 14.8 Å². The van der Waals surface area contributed by atoms with Crippen molar-refractivity contribution in [3.8, 4) is 0 Å². The zero-order chi connectivity index (χ0) is 21.0. The third-order valence-electron chi connectivity index (χ3n) is 5.36. The minimum absolute atomic E-state index is 0.0805. The Labute approximate surface area is 176 Å². The summed E-state index contributed by atoms with van der Waals surface area (Å²) in [7, 11) is -2.37. The molecule has 0 saturated carbocycles. The van der Waals surface area contributed by atoms with E-state index in [2.05, 4.69) is 0 Å². The molecule has 0 bridgehead atoms. The van der Waals surface area contributed by atoms with E-state index in [1.165, 1.54) is 31.3 Å². The summed E-state index contributed by atoms with van der Waals surface area (Å²) in [6.45, 7) is 0.779. The molecule has 2 aromatic rings. The molecule has 1 amide bonds. The molecule has 0 aliphatic carbocycles. The van der Waals surface area contributed by atoms with Crippen molar-refractivity contribution in [2.75, 3.05) is 26.7 Å². The van der Waals surface area contributed by atoms with Crippen molar-refractivity contribution in [3.05, 3.63) is 65.2 Å². The lowest BCUT2D eigenvalue weighted by atomic mass is 9.87. The summed E-state index contributed by atoms with van der Waals surface area (Å²) in [5, 5.41) is 11.0. The molecule has 156 valence electrons. The highest BCUT2D eigenvalue weighted by molar-refractivity contribution is 7.89. The fraction of sp³-hybridized carbons (Fsp3) is 0.381. The predicted octanol–water partition coefficient (Wildman–Crippen LogP) is 2.93. The van der Waals surface area contributed by atoms with Crippen LogP contribution in [0.25, 0.3) is 0 Å². The quantitative estimate of drug-likeness (QED) is 0.755. The lowest BCUT2D eigenvalue weighted by Gasteiger charge is -2.35. The van der Waals surface area contributed by atoms with E-state index in [4.69, 9.17) is 11.6 Å². The van der Waals surface area contributed by atoms with Crippen LogP contribution in [0.5, 0.6) is 0 Å². The van der Waals surface area contributed by atoms with Crippen LogP contribution >= 0.6 is 11.6 Å². The SMILES string of the molecule is CN(CC(=O)N1CCC(C(O)c2ccccc2)CC1)S(=O)(=O)c1ccc(Cl)cc1. The first-order chi connectivity index (χ1) is 13.8. The van der Waals surface area contributed by atoms with Gasteiger partial charge in [0.15, 0.2) is 0 Å². The summed E-state index contributed by atoms with van der Waals surface area (Å²) in [5.41, 5.74) is 0.881. The number of aliphatic hydroxyl groups is 1. The Morgan fingerprint density at radius 3 is 2.31 bits per heavy atom. The molecule has 0 spiro atoms. The van der Waals surface area contributed by atoms with Gasteiger partial charge in [-0.2, -0.15) is 4.31 Å². The molecule has 1 aliphatic heterocycles. The molecule has 1 unspecified atom stereocenters. The molecule has 1 aliphatic rings. The smallest absolute Gasteiger partial charge is 0.243 e. The highest BCUT2D eigenvalue weighted by Crippen LogP contribution is 2.30. The van der Waals surface area contributed by atoms with Gasteiger partial charge in [-0.1, -0.05) is 41.9 Å². The van der Waals surface area contributed by atoms with Crippen LogP contribution in [0.1, 0.15) is 24.5 Å². The number of piperidine rings is 1. The molecule has 1 atom stereocenters. The second kappa shape index (κ2) is 9.26. The number of aliphatic hydroxyl groups excluding tert-OH is 1. The molecule has 3 rings (SSSR count). The Morgan fingerprint density at radius 2 is 1.72 bits per heavy atom. The van der Waals surface area contributed by atoms with Gasteiger partial charge in [-0.3, -0.25) is 4.79 Å². The fourth-order valence-corrected chi connectivity index (χ4v) is 4.80. The number of hydrogen-bond acceptors (Lipinski definition) is 4. The molecular weight excluding hydrogens is 412 g/mol. The topological polar surface area (TPSA) is 77.9 Å². The minimum Gasteiger partial charge on any atom is -0.388 e. The largest absolute Gasteiger partial charge is 0.388 e. The lowest BCUT2D eigenvalue weighted by molar-refractivity contribution is -0.133. The number of carbonyl (C=O) groups is 1. The van der Waals surface area contributed by atoms with E-state index in [0.717, 1.165) is 9.87 Å². The van der Waals surface area contributed by atoms with E-state index in [1.54, 1.807) is 4.90 Å². The number of nitrogens with zero attached hydrogens (tertiary/aromatic N) is 2. The molecule has 1 heterocycles. The summed E-state index contributed by atoms with van der Waals surface area (Å²) in [6.07, 6.45) is 0.798. The third-order valence-corrected chi connectivity index (χ3v) is 7.43. The second-order valence-electron chi connectivity index (χ2n) is 7.29. The maximum atomic E-state index is 12.6. The molecule has 29 heavy (non-hydrogen) atoms. The van der Waals surface area contributed by atoms with Gasteiger partial charge in [0.2, 0.25) is 15.9 Å². The Hall–Kier alpha value is -1.93. The van der Waals surface area contributed by atoms with Crippen LogP contribution < -0.4 is 0 Å². The summed E-state index contributed by atoms with van der Waals surface area (Å²) in [5.74, 6) is -0.158. The van der Waals surface area contributed by atoms with Gasteiger partial charge in [-0.15, -0.1) is 0 Å². The van der Waals surface area contributed by atoms with E-state index in [1.807, 2.05) is 30.3 Å². The van der Waals surface area contributed by atoms with Crippen molar-refractivity contribution in [1.29, 1.82) is 0 Å². The Bertz CT molecular complexity index is 927. The van der Waals surface area contributed by atoms with Crippen molar-refractivity contribution in [2.24, 2.45) is 5.92 Å². The minimum atomic E-state index is -3.76. The summed E-state index contributed by atoms with van der Waals surface area (Å²) < 4.78 is 26.3. The normalized spacial score (nSPS) is 16.8. The standard InChI is InChI=1S/C21H25ClN2O4S/c1-23(29(27,28)19-9-7-18(22)8-10-19)15-20(25)24-13-11-17(12-14-24)21(26)16-5-3-2-4-6-16/h2-10,17,21,26H,11-15H2,1H3. The number of carbonyl (C=O) groups excluding carboxylic acids is 1. The summed E-state index contributed by atoms with van der Waals surface area (Å²) in [6, 6.07) is 15.4. The number of likely N-dealkylation sites (N-methyl/N-ethyl adjacent to an activating group) is 1. The van der Waals surface area contributed by atoms with Gasteiger partial charge in [0.05, 0.1) is 17.5 Å². The summed E-state index contributed by atoms with van der Waals surface area (Å²) >= 11 is 5.81. The first-order valence-electron chi connectivity index (χ1n) is 9.51. The van der Waals surface area contributed by atoms with E-state index in [9.17, 15) is 18.3 Å². The lowest BCUT2D eigenvalue weighted by Crippen LogP contribution is -2.45. The maximum absolute atomic E-state index is 12.6. The molecule has 2 aromatic carbocycles. The maximum Gasteiger partial charge on any atom is 0.243 e. The van der Waals surface area contributed by atoms with Gasteiger partial charge in [-0.05, 0) is 48.6 Å². The van der Waals surface area contributed by atoms with Crippen LogP contribution in [-0.4, -0.2) is 55.3 Å². The average molecular weight is 437 g/mol. The monoisotopic (exact) mass is 436 g/mol. The Kier molecular flexibility index (Phi) is 6.95. The number of benzene rings is 2. The molecule has 1 fully saturated rings. The number of likely N-dealkylation sites (tertiary alicyclic amines) is 1. The van der Waals surface area contributed by atoms with Gasteiger partial charge < -0.3 is 10.0 Å². The van der Waals surface area contributed by atoms with Crippen molar-refractivity contribution < 1.29 is 18.3 Å². The zero-order valence-corrected chi connectivity index (χ0v) is 17.8. The Morgan fingerprint density at radius 1 is 1.14 bits per heavy atom. The van der Waals surface area contributed by atoms with Crippen molar-refractivity contribution in [1.82, 2.24) is 9.21 Å². The Balaban J connectivity index is 1.56. The van der Waals surface area contributed by atoms with Crippen LogP contribution in [0, 0.1) is 5.92 Å². The number of amides is 1. The third kappa shape index (κ3) is 5.17. The van der Waals surface area contributed by atoms with E-state index >= 15 is 0 Å². The van der Waals surface area contributed by atoms with Crippen molar-refractivity contribution in [2.45, 2.75) is 23.8 Å². The fourth-order valence-electron chi connectivity index (χ4n) is 3.55. The van der Waals surface area contributed by atoms with Crippen molar-refractivity contribution in [3.63, 3.8) is 0 Å². The highest BCUT2D eigenvalue weighted by Gasteiger charge is 2.30. The van der Waals surface area contributed by atoms with Gasteiger partial charge in [0.25, 0.3) is 0 Å². The predicted molar refractivity (Wildman–Crippen MR) is 112 cm³/mol. The molecule has 1 N–H and O–H groups in total. The van der Waals surface area contributed by atoms with Gasteiger partial charge >= 0.3 is 0 Å². The van der Waals surface area contributed by atoms with Gasteiger partial charge in [-0.25, -0.2) is 8.42 Å². The van der Waals surface area contributed by atoms with E-state index in [0.29, 0.717) is 31.0 Å². The molecule has 6 nitrogen and oxygen atoms in total. The summed E-state index contributed by atoms with van der Waals surface area (Å²) in [4.78, 5) is 14.4. The molecule has 8 heteroatoms. The van der Waals surface area contributed by atoms with Crippen LogP contribution in [0.4, 0.5) is 0 Å². The molecular formula is C21H25ClN2O4S. The number of rotatable bonds is 6. The molecule has 0 radical (unpaired) electrons. The number of halogens is 1. The van der Waals surface area contributed by atoms with Crippen LogP contribution in [0.3, 0.4) is 0 Å². The van der Waals surface area contributed by atoms with Crippen LogP contribution in [0.15, 0.2) is 59.5 Å². The first kappa shape index (κ1) is 21.8. The van der Waals surface area contributed by atoms with Gasteiger partial charge in [0, 0.05) is 25.2 Å². The molecule has 0 aromatic heterocycles. The first-order valence-corrected chi connectivity index (χ1v) is 11.3. The second-order valence-corrected chi connectivity index (χ2v) is 9.77.